The monoisotopic (exact) mass is 232 g/mol. The van der Waals surface area contributed by atoms with E-state index in [9.17, 15) is 5.11 Å². The molecule has 1 aromatic rings. The molecule has 2 heteroatoms. The van der Waals surface area contributed by atoms with Crippen LogP contribution in [0.2, 0.25) is 0 Å². The zero-order valence-corrected chi connectivity index (χ0v) is 10.1. The fourth-order valence-electron chi connectivity index (χ4n) is 2.29. The summed E-state index contributed by atoms with van der Waals surface area (Å²) in [5.41, 5.74) is 3.82. The highest BCUT2D eigenvalue weighted by Gasteiger charge is 2.07. The van der Waals surface area contributed by atoms with Crippen LogP contribution in [0.25, 0.3) is 5.57 Å². The molecule has 0 aromatic heterocycles. The van der Waals surface area contributed by atoms with Gasteiger partial charge in [0.25, 0.3) is 0 Å². The summed E-state index contributed by atoms with van der Waals surface area (Å²) in [6.07, 6.45) is 7.19. The highest BCUT2D eigenvalue weighted by molar-refractivity contribution is 5.66. The van der Waals surface area contributed by atoms with Gasteiger partial charge >= 0.3 is 0 Å². The van der Waals surface area contributed by atoms with Gasteiger partial charge in [0.15, 0.2) is 0 Å². The van der Waals surface area contributed by atoms with Gasteiger partial charge in [-0.25, -0.2) is 0 Å². The first-order valence-corrected chi connectivity index (χ1v) is 6.37. The lowest BCUT2D eigenvalue weighted by molar-refractivity contribution is 0.0955. The Hall–Kier alpha value is -1.12. The van der Waals surface area contributed by atoms with E-state index < -0.39 is 6.10 Å². The first kappa shape index (κ1) is 12.3. The molecule has 2 N–H and O–H groups in total. The minimum absolute atomic E-state index is 0.174. The maximum Gasteiger partial charge on any atom is 0.0811 e. The van der Waals surface area contributed by atoms with Gasteiger partial charge in [0, 0.05) is 6.42 Å². The quantitative estimate of drug-likeness (QED) is 0.837. The van der Waals surface area contributed by atoms with E-state index in [1.54, 1.807) is 0 Å². The van der Waals surface area contributed by atoms with E-state index in [0.717, 1.165) is 5.56 Å². The van der Waals surface area contributed by atoms with Crippen LogP contribution in [0.1, 0.15) is 36.8 Å². The van der Waals surface area contributed by atoms with Crippen molar-refractivity contribution in [2.45, 2.75) is 38.2 Å². The van der Waals surface area contributed by atoms with Crippen LogP contribution in [0.3, 0.4) is 0 Å². The van der Waals surface area contributed by atoms with Crippen LogP contribution in [0, 0.1) is 0 Å². The van der Waals surface area contributed by atoms with Gasteiger partial charge in [0.05, 0.1) is 12.7 Å². The van der Waals surface area contributed by atoms with Gasteiger partial charge < -0.3 is 10.2 Å². The van der Waals surface area contributed by atoms with Gasteiger partial charge in [-0.2, -0.15) is 0 Å². The zero-order valence-electron chi connectivity index (χ0n) is 10.1. The number of hydrogen-bond acceptors (Lipinski definition) is 2. The standard InChI is InChI=1S/C15H20O2/c16-11-15(17)10-12-6-8-14(9-7-12)13-4-2-1-3-5-13/h4,6-9,15-17H,1-3,5,10-11H2. The number of aliphatic hydroxyl groups is 2. The molecule has 2 rings (SSSR count). The average Bonchev–Trinajstić information content (AvgIpc) is 2.40. The predicted molar refractivity (Wildman–Crippen MR) is 69.7 cm³/mol. The van der Waals surface area contributed by atoms with Crippen molar-refractivity contribution in [3.63, 3.8) is 0 Å². The summed E-state index contributed by atoms with van der Waals surface area (Å²) >= 11 is 0. The van der Waals surface area contributed by atoms with Crippen LogP contribution in [-0.2, 0) is 6.42 Å². The summed E-state index contributed by atoms with van der Waals surface area (Å²) in [5, 5.41) is 18.2. The van der Waals surface area contributed by atoms with Crippen molar-refractivity contribution in [1.82, 2.24) is 0 Å². The van der Waals surface area contributed by atoms with Crippen LogP contribution in [0.5, 0.6) is 0 Å². The molecule has 1 aliphatic carbocycles. The molecule has 2 nitrogen and oxygen atoms in total. The highest BCUT2D eigenvalue weighted by Crippen LogP contribution is 2.26. The van der Waals surface area contributed by atoms with Crippen molar-refractivity contribution in [3.05, 3.63) is 41.5 Å². The van der Waals surface area contributed by atoms with E-state index in [0.29, 0.717) is 6.42 Å². The molecule has 0 aliphatic heterocycles. The predicted octanol–water partition coefficient (Wildman–Crippen LogP) is 2.54. The molecular formula is C15H20O2. The lowest BCUT2D eigenvalue weighted by Gasteiger charge is -2.13. The molecule has 0 heterocycles. The first-order valence-electron chi connectivity index (χ1n) is 6.37. The molecule has 0 amide bonds. The Balaban J connectivity index is 2.04. The molecule has 1 atom stereocenters. The average molecular weight is 232 g/mol. The Bertz CT molecular complexity index is 378. The Kier molecular flexibility index (Phi) is 4.35. The third-order valence-electron chi connectivity index (χ3n) is 3.30. The molecule has 1 unspecified atom stereocenters. The summed E-state index contributed by atoms with van der Waals surface area (Å²) in [6, 6.07) is 8.33. The van der Waals surface area contributed by atoms with Crippen LogP contribution >= 0.6 is 0 Å². The summed E-state index contributed by atoms with van der Waals surface area (Å²) in [7, 11) is 0. The molecule has 0 spiro atoms. The summed E-state index contributed by atoms with van der Waals surface area (Å²) in [5.74, 6) is 0. The van der Waals surface area contributed by atoms with E-state index in [4.69, 9.17) is 5.11 Å². The Morgan fingerprint density at radius 3 is 2.47 bits per heavy atom. The Morgan fingerprint density at radius 1 is 1.12 bits per heavy atom. The lowest BCUT2D eigenvalue weighted by Crippen LogP contribution is -2.14. The number of aliphatic hydroxyl groups excluding tert-OH is 2. The van der Waals surface area contributed by atoms with E-state index in [1.807, 2.05) is 12.1 Å². The second-order valence-corrected chi connectivity index (χ2v) is 4.71. The van der Waals surface area contributed by atoms with Crippen LogP contribution in [0.15, 0.2) is 30.3 Å². The van der Waals surface area contributed by atoms with Crippen molar-refractivity contribution in [2.24, 2.45) is 0 Å². The van der Waals surface area contributed by atoms with Gasteiger partial charge in [0.1, 0.15) is 0 Å². The van der Waals surface area contributed by atoms with E-state index in [-0.39, 0.29) is 6.61 Å². The summed E-state index contributed by atoms with van der Waals surface area (Å²) in [4.78, 5) is 0. The number of hydrogen-bond donors (Lipinski definition) is 2. The van der Waals surface area contributed by atoms with Crippen molar-refractivity contribution >= 4 is 5.57 Å². The second kappa shape index (κ2) is 5.99. The smallest absolute Gasteiger partial charge is 0.0811 e. The summed E-state index contributed by atoms with van der Waals surface area (Å²) in [6.45, 7) is -0.174. The molecule has 0 radical (unpaired) electrons. The maximum atomic E-state index is 9.37. The molecule has 1 aliphatic rings. The van der Waals surface area contributed by atoms with Crippen LogP contribution in [0.4, 0.5) is 0 Å². The normalized spacial score (nSPS) is 17.6. The molecule has 0 saturated heterocycles. The molecule has 92 valence electrons. The van der Waals surface area contributed by atoms with Gasteiger partial charge in [-0.1, -0.05) is 30.3 Å². The van der Waals surface area contributed by atoms with Crippen molar-refractivity contribution in [1.29, 1.82) is 0 Å². The van der Waals surface area contributed by atoms with E-state index >= 15 is 0 Å². The topological polar surface area (TPSA) is 40.5 Å². The number of allylic oxidation sites excluding steroid dienone is 2. The SMILES string of the molecule is OCC(O)Cc1ccc(C2=CCCCC2)cc1. The molecular weight excluding hydrogens is 212 g/mol. The fraction of sp³-hybridized carbons (Fsp3) is 0.467. The molecule has 1 aromatic carbocycles. The van der Waals surface area contributed by atoms with Crippen molar-refractivity contribution < 1.29 is 10.2 Å². The number of benzene rings is 1. The van der Waals surface area contributed by atoms with Gasteiger partial charge in [-0.05, 0) is 42.4 Å². The van der Waals surface area contributed by atoms with Crippen LogP contribution in [-0.4, -0.2) is 22.9 Å². The molecule has 0 saturated carbocycles. The third-order valence-corrected chi connectivity index (χ3v) is 3.30. The van der Waals surface area contributed by atoms with Gasteiger partial charge in [-0.3, -0.25) is 0 Å². The van der Waals surface area contributed by atoms with Crippen molar-refractivity contribution in [3.8, 4) is 0 Å². The molecule has 17 heavy (non-hydrogen) atoms. The Morgan fingerprint density at radius 2 is 1.88 bits per heavy atom. The largest absolute Gasteiger partial charge is 0.394 e. The van der Waals surface area contributed by atoms with Crippen LogP contribution < -0.4 is 0 Å². The Labute approximate surface area is 103 Å². The van der Waals surface area contributed by atoms with Crippen molar-refractivity contribution in [2.75, 3.05) is 6.61 Å². The number of rotatable bonds is 4. The minimum atomic E-state index is -0.644. The summed E-state index contributed by atoms with van der Waals surface area (Å²) < 4.78 is 0. The molecule has 0 fully saturated rings. The van der Waals surface area contributed by atoms with Gasteiger partial charge in [0.2, 0.25) is 0 Å². The van der Waals surface area contributed by atoms with E-state index in [2.05, 4.69) is 18.2 Å². The maximum absolute atomic E-state index is 9.37. The van der Waals surface area contributed by atoms with Gasteiger partial charge in [-0.15, -0.1) is 0 Å². The molecule has 0 bridgehead atoms. The first-order chi connectivity index (χ1) is 8.29. The lowest BCUT2D eigenvalue weighted by atomic mass is 9.93. The minimum Gasteiger partial charge on any atom is -0.394 e. The van der Waals surface area contributed by atoms with E-state index in [1.165, 1.54) is 36.8 Å². The highest BCUT2D eigenvalue weighted by atomic mass is 16.3. The zero-order chi connectivity index (χ0) is 12.1. The second-order valence-electron chi connectivity index (χ2n) is 4.71. The third kappa shape index (κ3) is 3.42. The fourth-order valence-corrected chi connectivity index (χ4v) is 2.29.